The normalized spacial score (nSPS) is 16.4. The molecular formula is C12H27NO2S. The fraction of sp³-hybridized carbons (Fsp3) is 1.00. The second-order valence-corrected chi connectivity index (χ2v) is 7.63. The lowest BCUT2D eigenvalue weighted by Crippen LogP contribution is -2.37. The molecule has 0 spiro atoms. The number of hydrogen-bond donors (Lipinski definition) is 1. The molecule has 0 aliphatic heterocycles. The van der Waals surface area contributed by atoms with Gasteiger partial charge in [-0.05, 0) is 30.7 Å². The average molecular weight is 249 g/mol. The van der Waals surface area contributed by atoms with E-state index in [1.165, 1.54) is 6.26 Å². The lowest BCUT2D eigenvalue weighted by atomic mass is 9.77. The third-order valence-corrected chi connectivity index (χ3v) is 4.34. The summed E-state index contributed by atoms with van der Waals surface area (Å²) in [6.07, 6.45) is 3.16. The summed E-state index contributed by atoms with van der Waals surface area (Å²) in [5.41, 5.74) is 0.0677. The van der Waals surface area contributed by atoms with Crippen molar-refractivity contribution >= 4 is 9.84 Å². The molecule has 0 amide bonds. The van der Waals surface area contributed by atoms with Gasteiger partial charge in [0, 0.05) is 12.8 Å². The summed E-state index contributed by atoms with van der Waals surface area (Å²) in [4.78, 5) is 0. The second kappa shape index (κ2) is 6.60. The number of hydrogen-bond acceptors (Lipinski definition) is 3. The van der Waals surface area contributed by atoms with Gasteiger partial charge in [0.1, 0.15) is 9.84 Å². The summed E-state index contributed by atoms with van der Waals surface area (Å²) < 4.78 is 22.4. The summed E-state index contributed by atoms with van der Waals surface area (Å²) >= 11 is 0. The molecule has 0 rings (SSSR count). The molecule has 1 N–H and O–H groups in total. The van der Waals surface area contributed by atoms with Gasteiger partial charge in [0.15, 0.2) is 0 Å². The fourth-order valence-electron chi connectivity index (χ4n) is 1.55. The Balaban J connectivity index is 4.33. The van der Waals surface area contributed by atoms with E-state index in [4.69, 9.17) is 0 Å². The van der Waals surface area contributed by atoms with Gasteiger partial charge < -0.3 is 5.32 Å². The molecule has 0 saturated heterocycles. The Kier molecular flexibility index (Phi) is 6.56. The monoisotopic (exact) mass is 249 g/mol. The molecule has 0 bridgehead atoms. The van der Waals surface area contributed by atoms with Gasteiger partial charge in [0.05, 0.1) is 5.75 Å². The number of rotatable bonds is 8. The molecule has 0 radical (unpaired) electrons. The van der Waals surface area contributed by atoms with Crippen LogP contribution in [0.1, 0.15) is 40.5 Å². The lowest BCUT2D eigenvalue weighted by Gasteiger charge is -2.34. The highest BCUT2D eigenvalue weighted by Gasteiger charge is 2.28. The van der Waals surface area contributed by atoms with Crippen LogP contribution in [0.2, 0.25) is 0 Å². The minimum absolute atomic E-state index is 0.0677. The maximum atomic E-state index is 11.2. The van der Waals surface area contributed by atoms with Crippen molar-refractivity contribution in [3.05, 3.63) is 0 Å². The van der Waals surface area contributed by atoms with E-state index in [2.05, 4.69) is 33.0 Å². The number of sulfone groups is 1. The van der Waals surface area contributed by atoms with Crippen molar-refractivity contribution in [1.29, 1.82) is 0 Å². The molecule has 0 saturated carbocycles. The van der Waals surface area contributed by atoms with Crippen molar-refractivity contribution in [2.45, 2.75) is 40.5 Å². The first-order valence-electron chi connectivity index (χ1n) is 6.09. The van der Waals surface area contributed by atoms with Gasteiger partial charge in [-0.25, -0.2) is 8.42 Å². The van der Waals surface area contributed by atoms with Gasteiger partial charge in [-0.3, -0.25) is 0 Å². The van der Waals surface area contributed by atoms with Crippen molar-refractivity contribution in [3.63, 3.8) is 0 Å². The van der Waals surface area contributed by atoms with Gasteiger partial charge in [0.25, 0.3) is 0 Å². The van der Waals surface area contributed by atoms with Crippen molar-refractivity contribution < 1.29 is 8.42 Å². The Hall–Kier alpha value is -0.0900. The third-order valence-electron chi connectivity index (χ3n) is 3.39. The average Bonchev–Trinajstić information content (AvgIpc) is 2.14. The first-order chi connectivity index (χ1) is 7.21. The van der Waals surface area contributed by atoms with Gasteiger partial charge in [-0.2, -0.15) is 0 Å². The van der Waals surface area contributed by atoms with Crippen LogP contribution in [0.4, 0.5) is 0 Å². The Bertz CT molecular complexity index is 285. The van der Waals surface area contributed by atoms with Crippen molar-refractivity contribution in [2.75, 3.05) is 25.1 Å². The van der Waals surface area contributed by atoms with Crippen molar-refractivity contribution in [2.24, 2.45) is 11.3 Å². The predicted molar refractivity (Wildman–Crippen MR) is 70.4 cm³/mol. The Morgan fingerprint density at radius 3 is 2.25 bits per heavy atom. The van der Waals surface area contributed by atoms with Gasteiger partial charge in [0.2, 0.25) is 0 Å². The minimum Gasteiger partial charge on any atom is -0.316 e. The highest BCUT2D eigenvalue weighted by molar-refractivity contribution is 7.90. The Labute approximate surface area is 101 Å². The standard InChI is InChI=1S/C12H27NO2S/c1-6-8-13-10-12(4,11(2)3)7-9-16(5,14)15/h11,13H,6-10H2,1-5H3. The molecule has 1 atom stereocenters. The molecule has 3 nitrogen and oxygen atoms in total. The van der Waals surface area contributed by atoms with Crippen LogP contribution in [-0.4, -0.2) is 33.5 Å². The minimum atomic E-state index is -2.85. The quantitative estimate of drug-likeness (QED) is 0.670. The molecule has 0 fully saturated rings. The zero-order valence-corrected chi connectivity index (χ0v) is 12.2. The molecule has 0 aromatic heterocycles. The van der Waals surface area contributed by atoms with E-state index in [1.807, 2.05) is 0 Å². The van der Waals surface area contributed by atoms with Gasteiger partial charge >= 0.3 is 0 Å². The van der Waals surface area contributed by atoms with Crippen LogP contribution in [0.3, 0.4) is 0 Å². The predicted octanol–water partition coefficient (Wildman–Crippen LogP) is 2.08. The smallest absolute Gasteiger partial charge is 0.147 e. The van der Waals surface area contributed by atoms with Crippen LogP contribution in [0.15, 0.2) is 0 Å². The topological polar surface area (TPSA) is 46.2 Å². The van der Waals surface area contributed by atoms with Crippen LogP contribution < -0.4 is 5.32 Å². The van der Waals surface area contributed by atoms with E-state index in [9.17, 15) is 8.42 Å². The molecule has 0 aromatic rings. The van der Waals surface area contributed by atoms with Crippen LogP contribution in [0, 0.1) is 11.3 Å². The summed E-state index contributed by atoms with van der Waals surface area (Å²) in [7, 11) is -2.85. The van der Waals surface area contributed by atoms with E-state index < -0.39 is 9.84 Å². The van der Waals surface area contributed by atoms with E-state index in [-0.39, 0.29) is 11.2 Å². The molecule has 0 aromatic carbocycles. The molecule has 4 heteroatoms. The molecule has 1 unspecified atom stereocenters. The SMILES string of the molecule is CCCNCC(C)(CCS(C)(=O)=O)C(C)C. The molecule has 0 aliphatic rings. The van der Waals surface area contributed by atoms with Crippen LogP contribution in [-0.2, 0) is 9.84 Å². The van der Waals surface area contributed by atoms with Crippen molar-refractivity contribution in [3.8, 4) is 0 Å². The first-order valence-corrected chi connectivity index (χ1v) is 8.16. The third kappa shape index (κ3) is 6.48. The van der Waals surface area contributed by atoms with Crippen molar-refractivity contribution in [1.82, 2.24) is 5.32 Å². The van der Waals surface area contributed by atoms with Crippen LogP contribution in [0.25, 0.3) is 0 Å². The summed E-state index contributed by atoms with van der Waals surface area (Å²) in [6, 6.07) is 0. The molecule has 16 heavy (non-hydrogen) atoms. The van der Waals surface area contributed by atoms with E-state index >= 15 is 0 Å². The zero-order valence-electron chi connectivity index (χ0n) is 11.3. The Morgan fingerprint density at radius 2 is 1.88 bits per heavy atom. The lowest BCUT2D eigenvalue weighted by molar-refractivity contribution is 0.201. The summed E-state index contributed by atoms with van der Waals surface area (Å²) in [5.74, 6) is 0.772. The summed E-state index contributed by atoms with van der Waals surface area (Å²) in [6.45, 7) is 10.5. The molecule has 98 valence electrons. The van der Waals surface area contributed by atoms with E-state index in [0.717, 1.165) is 25.9 Å². The van der Waals surface area contributed by atoms with E-state index in [0.29, 0.717) is 5.92 Å². The summed E-state index contributed by atoms with van der Waals surface area (Å²) in [5, 5.41) is 3.40. The zero-order chi connectivity index (χ0) is 12.8. The van der Waals surface area contributed by atoms with Gasteiger partial charge in [-0.1, -0.05) is 27.7 Å². The molecular weight excluding hydrogens is 222 g/mol. The number of nitrogens with one attached hydrogen (secondary N) is 1. The van der Waals surface area contributed by atoms with Gasteiger partial charge in [-0.15, -0.1) is 0 Å². The highest BCUT2D eigenvalue weighted by Crippen LogP contribution is 2.30. The first kappa shape index (κ1) is 15.9. The molecule has 0 heterocycles. The van der Waals surface area contributed by atoms with E-state index in [1.54, 1.807) is 0 Å². The Morgan fingerprint density at radius 1 is 1.31 bits per heavy atom. The van der Waals surface area contributed by atoms with Crippen LogP contribution >= 0.6 is 0 Å². The largest absolute Gasteiger partial charge is 0.316 e. The maximum absolute atomic E-state index is 11.2. The highest BCUT2D eigenvalue weighted by atomic mass is 32.2. The van der Waals surface area contributed by atoms with Crippen LogP contribution in [0.5, 0.6) is 0 Å². The molecule has 0 aliphatic carbocycles. The second-order valence-electron chi connectivity index (χ2n) is 5.37. The fourth-order valence-corrected chi connectivity index (χ4v) is 2.39. The maximum Gasteiger partial charge on any atom is 0.147 e.